The molecule has 0 aliphatic heterocycles. The summed E-state index contributed by atoms with van der Waals surface area (Å²) in [6.45, 7) is 2.92. The van der Waals surface area contributed by atoms with E-state index in [1.54, 1.807) is 10.9 Å². The number of amides is 1. The highest BCUT2D eigenvalue weighted by Crippen LogP contribution is 2.08. The molecule has 2 rings (SSSR count). The second-order valence-electron chi connectivity index (χ2n) is 4.86. The topological polar surface area (TPSA) is 46.9 Å². The molecule has 1 aromatic heterocycles. The molecule has 106 valence electrons. The summed E-state index contributed by atoms with van der Waals surface area (Å²) in [5, 5.41) is 7.22. The van der Waals surface area contributed by atoms with Crippen molar-refractivity contribution in [3.8, 4) is 5.69 Å². The Morgan fingerprint density at radius 2 is 2.05 bits per heavy atom. The van der Waals surface area contributed by atoms with Crippen molar-refractivity contribution in [1.82, 2.24) is 15.1 Å². The van der Waals surface area contributed by atoms with Crippen LogP contribution in [0.25, 0.3) is 5.69 Å². The van der Waals surface area contributed by atoms with Gasteiger partial charge in [-0.2, -0.15) is 5.10 Å². The number of carbonyl (C=O) groups is 1. The van der Waals surface area contributed by atoms with Crippen LogP contribution in [0.5, 0.6) is 0 Å². The third-order valence-electron chi connectivity index (χ3n) is 3.12. The summed E-state index contributed by atoms with van der Waals surface area (Å²) in [5.41, 5.74) is 1.93. The van der Waals surface area contributed by atoms with Crippen LogP contribution in [-0.2, 0) is 11.2 Å². The molecule has 0 fully saturated rings. The van der Waals surface area contributed by atoms with Crippen LogP contribution in [0.3, 0.4) is 0 Å². The second kappa shape index (κ2) is 7.48. The Morgan fingerprint density at radius 3 is 2.80 bits per heavy atom. The first kappa shape index (κ1) is 14.3. The minimum atomic E-state index is 0.0636. The molecule has 1 amide bonds. The molecule has 0 atom stereocenters. The van der Waals surface area contributed by atoms with E-state index in [4.69, 9.17) is 0 Å². The molecule has 20 heavy (non-hydrogen) atoms. The fourth-order valence-electron chi connectivity index (χ4n) is 2.02. The maximum absolute atomic E-state index is 11.8. The highest BCUT2D eigenvalue weighted by molar-refractivity contribution is 5.78. The number of para-hydroxylation sites is 1. The van der Waals surface area contributed by atoms with Crippen LogP contribution in [-0.4, -0.2) is 22.2 Å². The highest BCUT2D eigenvalue weighted by atomic mass is 16.1. The first-order chi connectivity index (χ1) is 9.79. The van der Waals surface area contributed by atoms with Crippen molar-refractivity contribution < 1.29 is 4.79 Å². The van der Waals surface area contributed by atoms with Gasteiger partial charge >= 0.3 is 0 Å². The van der Waals surface area contributed by atoms with Gasteiger partial charge in [0, 0.05) is 12.7 Å². The molecule has 4 heteroatoms. The average Bonchev–Trinajstić information content (AvgIpc) is 2.93. The zero-order valence-electron chi connectivity index (χ0n) is 11.9. The first-order valence-electron chi connectivity index (χ1n) is 7.15. The first-order valence-corrected chi connectivity index (χ1v) is 7.15. The van der Waals surface area contributed by atoms with Gasteiger partial charge in [-0.05, 0) is 24.1 Å². The largest absolute Gasteiger partial charge is 0.356 e. The number of benzene rings is 1. The van der Waals surface area contributed by atoms with E-state index in [9.17, 15) is 4.79 Å². The fourth-order valence-corrected chi connectivity index (χ4v) is 2.02. The number of nitrogens with one attached hydrogen (secondary N) is 1. The Kier molecular flexibility index (Phi) is 5.35. The lowest BCUT2D eigenvalue weighted by Gasteiger charge is -2.03. The van der Waals surface area contributed by atoms with Crippen molar-refractivity contribution in [3.05, 3.63) is 48.3 Å². The summed E-state index contributed by atoms with van der Waals surface area (Å²) in [5.74, 6) is 0.0636. The van der Waals surface area contributed by atoms with Crippen molar-refractivity contribution in [3.63, 3.8) is 0 Å². The summed E-state index contributed by atoms with van der Waals surface area (Å²) in [4.78, 5) is 11.8. The number of hydrogen-bond donors (Lipinski definition) is 1. The highest BCUT2D eigenvalue weighted by Gasteiger charge is 2.06. The molecule has 1 aromatic carbocycles. The summed E-state index contributed by atoms with van der Waals surface area (Å²) >= 11 is 0. The maximum Gasteiger partial charge on any atom is 0.224 e. The summed E-state index contributed by atoms with van der Waals surface area (Å²) in [7, 11) is 0. The van der Waals surface area contributed by atoms with E-state index >= 15 is 0 Å². The van der Waals surface area contributed by atoms with Crippen LogP contribution in [0.15, 0.2) is 42.7 Å². The second-order valence-corrected chi connectivity index (χ2v) is 4.86. The SMILES string of the molecule is CCCCCNC(=O)Cc1cnn(-c2ccccc2)c1. The maximum atomic E-state index is 11.8. The van der Waals surface area contributed by atoms with E-state index in [0.29, 0.717) is 6.42 Å². The van der Waals surface area contributed by atoms with Crippen molar-refractivity contribution in [1.29, 1.82) is 0 Å². The normalized spacial score (nSPS) is 10.4. The number of nitrogens with zero attached hydrogens (tertiary/aromatic N) is 2. The van der Waals surface area contributed by atoms with Crippen LogP contribution in [0.2, 0.25) is 0 Å². The van der Waals surface area contributed by atoms with E-state index in [-0.39, 0.29) is 5.91 Å². The average molecular weight is 271 g/mol. The third-order valence-corrected chi connectivity index (χ3v) is 3.12. The van der Waals surface area contributed by atoms with E-state index in [1.807, 2.05) is 36.5 Å². The molecular weight excluding hydrogens is 250 g/mol. The Hall–Kier alpha value is -2.10. The molecule has 0 aliphatic carbocycles. The lowest BCUT2D eigenvalue weighted by Crippen LogP contribution is -2.25. The quantitative estimate of drug-likeness (QED) is 0.787. The van der Waals surface area contributed by atoms with Gasteiger partial charge in [0.25, 0.3) is 0 Å². The van der Waals surface area contributed by atoms with Gasteiger partial charge in [-0.15, -0.1) is 0 Å². The van der Waals surface area contributed by atoms with Gasteiger partial charge in [0.05, 0.1) is 18.3 Å². The third kappa shape index (κ3) is 4.23. The van der Waals surface area contributed by atoms with Crippen LogP contribution in [0.1, 0.15) is 31.7 Å². The van der Waals surface area contributed by atoms with Crippen LogP contribution < -0.4 is 5.32 Å². The number of hydrogen-bond acceptors (Lipinski definition) is 2. The smallest absolute Gasteiger partial charge is 0.224 e. The van der Waals surface area contributed by atoms with E-state index in [0.717, 1.165) is 30.6 Å². The van der Waals surface area contributed by atoms with Gasteiger partial charge < -0.3 is 5.32 Å². The molecule has 0 saturated carbocycles. The zero-order chi connectivity index (χ0) is 14.2. The molecule has 0 unspecified atom stereocenters. The van der Waals surface area contributed by atoms with Crippen LogP contribution >= 0.6 is 0 Å². The standard InChI is InChI=1S/C16H21N3O/c1-2-3-7-10-17-16(20)11-14-12-18-19(13-14)15-8-5-4-6-9-15/h4-6,8-9,12-13H,2-3,7,10-11H2,1H3,(H,17,20). The lowest BCUT2D eigenvalue weighted by molar-refractivity contribution is -0.120. The number of unbranched alkanes of at least 4 members (excludes halogenated alkanes) is 2. The molecule has 0 bridgehead atoms. The molecule has 1 heterocycles. The predicted molar refractivity (Wildman–Crippen MR) is 79.8 cm³/mol. The van der Waals surface area contributed by atoms with Crippen molar-refractivity contribution in [2.45, 2.75) is 32.6 Å². The predicted octanol–water partition coefficient (Wildman–Crippen LogP) is 2.72. The molecule has 0 saturated heterocycles. The van der Waals surface area contributed by atoms with Gasteiger partial charge in [-0.3, -0.25) is 4.79 Å². The van der Waals surface area contributed by atoms with Gasteiger partial charge in [-0.25, -0.2) is 4.68 Å². The van der Waals surface area contributed by atoms with Crippen molar-refractivity contribution in [2.75, 3.05) is 6.54 Å². The monoisotopic (exact) mass is 271 g/mol. The van der Waals surface area contributed by atoms with Crippen LogP contribution in [0, 0.1) is 0 Å². The molecule has 0 aliphatic rings. The van der Waals surface area contributed by atoms with Crippen molar-refractivity contribution >= 4 is 5.91 Å². The zero-order valence-corrected chi connectivity index (χ0v) is 11.9. The Labute approximate surface area is 119 Å². The van der Waals surface area contributed by atoms with E-state index in [2.05, 4.69) is 17.3 Å². The Bertz CT molecular complexity index is 534. The van der Waals surface area contributed by atoms with Gasteiger partial charge in [0.2, 0.25) is 5.91 Å². The summed E-state index contributed by atoms with van der Waals surface area (Å²) in [6, 6.07) is 9.88. The Morgan fingerprint density at radius 1 is 1.25 bits per heavy atom. The molecular formula is C16H21N3O. The molecule has 0 radical (unpaired) electrons. The number of carbonyl (C=O) groups excluding carboxylic acids is 1. The fraction of sp³-hybridized carbons (Fsp3) is 0.375. The van der Waals surface area contributed by atoms with E-state index < -0.39 is 0 Å². The summed E-state index contributed by atoms with van der Waals surface area (Å²) < 4.78 is 1.79. The van der Waals surface area contributed by atoms with E-state index in [1.165, 1.54) is 6.42 Å². The van der Waals surface area contributed by atoms with Crippen LogP contribution in [0.4, 0.5) is 0 Å². The van der Waals surface area contributed by atoms with Gasteiger partial charge in [0.1, 0.15) is 0 Å². The van der Waals surface area contributed by atoms with Crippen molar-refractivity contribution in [2.24, 2.45) is 0 Å². The Balaban J connectivity index is 1.85. The molecule has 4 nitrogen and oxygen atoms in total. The van der Waals surface area contributed by atoms with Gasteiger partial charge in [0.15, 0.2) is 0 Å². The molecule has 0 spiro atoms. The molecule has 2 aromatic rings. The van der Waals surface area contributed by atoms with Gasteiger partial charge in [-0.1, -0.05) is 38.0 Å². The lowest BCUT2D eigenvalue weighted by atomic mass is 10.2. The summed E-state index contributed by atoms with van der Waals surface area (Å²) in [6.07, 6.45) is 7.41. The minimum Gasteiger partial charge on any atom is -0.356 e. The minimum absolute atomic E-state index is 0.0636. The molecule has 1 N–H and O–H groups in total. The number of aromatic nitrogens is 2. The number of rotatable bonds is 7.